The van der Waals surface area contributed by atoms with Crippen molar-refractivity contribution in [3.63, 3.8) is 0 Å². The molecule has 2 aromatic rings. The van der Waals surface area contributed by atoms with Gasteiger partial charge in [-0.15, -0.1) is 0 Å². The number of hydrogen-bond acceptors (Lipinski definition) is 4. The van der Waals surface area contributed by atoms with Crippen LogP contribution in [0.15, 0.2) is 29.1 Å². The fourth-order valence-corrected chi connectivity index (χ4v) is 1.22. The lowest BCUT2D eigenvalue weighted by molar-refractivity contribution is -0.153. The van der Waals surface area contributed by atoms with E-state index in [4.69, 9.17) is 0 Å². The summed E-state index contributed by atoms with van der Waals surface area (Å²) in [7, 11) is 0. The third-order valence-electron chi connectivity index (χ3n) is 1.96. The molecule has 2 rings (SSSR count). The van der Waals surface area contributed by atoms with E-state index in [-0.39, 0.29) is 5.75 Å². The number of H-pyrrole nitrogens is 1. The smallest absolute Gasteiger partial charge is 0.422 e. The van der Waals surface area contributed by atoms with E-state index in [0.717, 1.165) is 4.68 Å². The van der Waals surface area contributed by atoms with Crippen LogP contribution in [0, 0.1) is 0 Å². The average Bonchev–Trinajstić information content (AvgIpc) is 2.73. The van der Waals surface area contributed by atoms with Crippen LogP contribution in [0.1, 0.15) is 0 Å². The van der Waals surface area contributed by atoms with Gasteiger partial charge >= 0.3 is 11.9 Å². The molecule has 0 atom stereocenters. The molecule has 0 aliphatic carbocycles. The van der Waals surface area contributed by atoms with Gasteiger partial charge in [-0.1, -0.05) is 0 Å². The summed E-state index contributed by atoms with van der Waals surface area (Å²) in [6.45, 7) is -1.36. The average molecular weight is 260 g/mol. The predicted octanol–water partition coefficient (Wildman–Crippen LogP) is 0.897. The molecule has 0 saturated heterocycles. The van der Waals surface area contributed by atoms with Gasteiger partial charge < -0.3 is 4.74 Å². The first-order chi connectivity index (χ1) is 8.46. The summed E-state index contributed by atoms with van der Waals surface area (Å²) in [6.07, 6.45) is -4.39. The second-order valence-corrected chi connectivity index (χ2v) is 3.32. The standard InChI is InChI=1S/C9H7F3N4O2/c10-9(11,12)5-18-7-3-1-6(2-4-7)16-8(17)13-14-15-16/h1-4H,5H2,(H,13,15,17). The summed E-state index contributed by atoms with van der Waals surface area (Å²) < 4.78 is 41.2. The molecule has 0 aliphatic heterocycles. The minimum Gasteiger partial charge on any atom is -0.484 e. The van der Waals surface area contributed by atoms with E-state index in [2.05, 4.69) is 20.3 Å². The number of benzene rings is 1. The maximum Gasteiger partial charge on any atom is 0.422 e. The van der Waals surface area contributed by atoms with Gasteiger partial charge in [0.2, 0.25) is 0 Å². The molecular formula is C9H7F3N4O2. The summed E-state index contributed by atoms with van der Waals surface area (Å²) in [6, 6.07) is 5.41. The van der Waals surface area contributed by atoms with Crippen molar-refractivity contribution in [2.45, 2.75) is 6.18 Å². The zero-order chi connectivity index (χ0) is 13.2. The van der Waals surface area contributed by atoms with E-state index in [1.54, 1.807) is 0 Å². The van der Waals surface area contributed by atoms with Crippen LogP contribution >= 0.6 is 0 Å². The molecule has 0 bridgehead atoms. The zero-order valence-corrected chi connectivity index (χ0v) is 8.81. The first-order valence-electron chi connectivity index (χ1n) is 4.76. The lowest BCUT2D eigenvalue weighted by atomic mass is 10.3. The number of ether oxygens (including phenoxy) is 1. The van der Waals surface area contributed by atoms with Crippen molar-refractivity contribution in [1.29, 1.82) is 0 Å². The Morgan fingerprint density at radius 3 is 2.44 bits per heavy atom. The van der Waals surface area contributed by atoms with Gasteiger partial charge in [-0.05, 0) is 34.7 Å². The van der Waals surface area contributed by atoms with Gasteiger partial charge in [0, 0.05) is 0 Å². The van der Waals surface area contributed by atoms with Crippen molar-refractivity contribution in [1.82, 2.24) is 20.2 Å². The van der Waals surface area contributed by atoms with E-state index in [9.17, 15) is 18.0 Å². The number of hydrogen-bond donors (Lipinski definition) is 1. The van der Waals surface area contributed by atoms with Crippen molar-refractivity contribution in [3.8, 4) is 11.4 Å². The van der Waals surface area contributed by atoms with Gasteiger partial charge in [-0.2, -0.15) is 17.9 Å². The van der Waals surface area contributed by atoms with Crippen molar-refractivity contribution in [2.75, 3.05) is 6.61 Å². The van der Waals surface area contributed by atoms with E-state index >= 15 is 0 Å². The highest BCUT2D eigenvalue weighted by Gasteiger charge is 2.28. The number of nitrogens with one attached hydrogen (secondary N) is 1. The molecule has 1 aromatic carbocycles. The van der Waals surface area contributed by atoms with E-state index < -0.39 is 18.5 Å². The highest BCUT2D eigenvalue weighted by molar-refractivity contribution is 5.36. The largest absolute Gasteiger partial charge is 0.484 e. The third-order valence-corrected chi connectivity index (χ3v) is 1.96. The highest BCUT2D eigenvalue weighted by atomic mass is 19.4. The molecule has 0 unspecified atom stereocenters. The monoisotopic (exact) mass is 260 g/mol. The SMILES string of the molecule is O=c1[nH]nnn1-c1ccc(OCC(F)(F)F)cc1. The Balaban J connectivity index is 2.11. The van der Waals surface area contributed by atoms with Crippen LogP contribution in [0.2, 0.25) is 0 Å². The predicted molar refractivity (Wildman–Crippen MR) is 53.5 cm³/mol. The van der Waals surface area contributed by atoms with E-state index in [0.29, 0.717) is 5.69 Å². The van der Waals surface area contributed by atoms with Gasteiger partial charge in [0.1, 0.15) is 5.75 Å². The number of aromatic nitrogens is 4. The molecule has 96 valence electrons. The van der Waals surface area contributed by atoms with Gasteiger partial charge in [0.25, 0.3) is 0 Å². The minimum absolute atomic E-state index is 0.0487. The van der Waals surface area contributed by atoms with Crippen molar-refractivity contribution >= 4 is 0 Å². The number of aromatic amines is 1. The Labute approximate surface area is 98.0 Å². The Morgan fingerprint density at radius 2 is 1.94 bits per heavy atom. The summed E-state index contributed by atoms with van der Waals surface area (Å²) in [5.41, 5.74) is -0.174. The number of rotatable bonds is 3. The lowest BCUT2D eigenvalue weighted by Crippen LogP contribution is -2.19. The molecule has 0 amide bonds. The molecule has 0 aliphatic rings. The van der Waals surface area contributed by atoms with E-state index in [1.807, 2.05) is 0 Å². The molecule has 6 nitrogen and oxygen atoms in total. The van der Waals surface area contributed by atoms with Gasteiger partial charge in [-0.3, -0.25) is 0 Å². The fourth-order valence-electron chi connectivity index (χ4n) is 1.22. The van der Waals surface area contributed by atoms with Crippen molar-refractivity contribution < 1.29 is 17.9 Å². The van der Waals surface area contributed by atoms with Crippen LogP contribution in [0.25, 0.3) is 5.69 Å². The summed E-state index contributed by atoms with van der Waals surface area (Å²) >= 11 is 0. The van der Waals surface area contributed by atoms with Crippen LogP contribution in [0.3, 0.4) is 0 Å². The number of halogens is 3. The second-order valence-electron chi connectivity index (χ2n) is 3.32. The van der Waals surface area contributed by atoms with Crippen LogP contribution in [-0.4, -0.2) is 33.0 Å². The van der Waals surface area contributed by atoms with Crippen LogP contribution < -0.4 is 10.4 Å². The van der Waals surface area contributed by atoms with Crippen molar-refractivity contribution in [3.05, 3.63) is 34.7 Å². The second kappa shape index (κ2) is 4.51. The molecule has 1 N–H and O–H groups in total. The molecule has 0 fully saturated rings. The molecule has 18 heavy (non-hydrogen) atoms. The Bertz CT molecular complexity index is 572. The summed E-state index contributed by atoms with van der Waals surface area (Å²) in [4.78, 5) is 11.2. The third kappa shape index (κ3) is 2.87. The first-order valence-corrected chi connectivity index (χ1v) is 4.76. The number of nitrogens with zero attached hydrogens (tertiary/aromatic N) is 3. The zero-order valence-electron chi connectivity index (χ0n) is 8.81. The molecule has 9 heteroatoms. The van der Waals surface area contributed by atoms with Crippen LogP contribution in [0.5, 0.6) is 5.75 Å². The Morgan fingerprint density at radius 1 is 1.28 bits per heavy atom. The molecule has 1 heterocycles. The normalized spacial score (nSPS) is 11.5. The fraction of sp³-hybridized carbons (Fsp3) is 0.222. The molecular weight excluding hydrogens is 253 g/mol. The van der Waals surface area contributed by atoms with Gasteiger partial charge in [-0.25, -0.2) is 9.89 Å². The topological polar surface area (TPSA) is 72.8 Å². The summed E-state index contributed by atoms with van der Waals surface area (Å²) in [5, 5.41) is 8.86. The Hall–Kier alpha value is -2.32. The number of tetrazole rings is 1. The van der Waals surface area contributed by atoms with Crippen LogP contribution in [-0.2, 0) is 0 Å². The molecule has 0 radical (unpaired) electrons. The highest BCUT2D eigenvalue weighted by Crippen LogP contribution is 2.19. The summed E-state index contributed by atoms with van der Waals surface area (Å²) in [5.74, 6) is 0.0487. The minimum atomic E-state index is -4.39. The van der Waals surface area contributed by atoms with Gasteiger partial charge in [0.05, 0.1) is 5.69 Å². The quantitative estimate of drug-likeness (QED) is 0.889. The maximum absolute atomic E-state index is 11.9. The van der Waals surface area contributed by atoms with Crippen molar-refractivity contribution in [2.24, 2.45) is 0 Å². The molecule has 0 saturated carbocycles. The number of alkyl halides is 3. The van der Waals surface area contributed by atoms with Gasteiger partial charge in [0.15, 0.2) is 6.61 Å². The molecule has 0 spiro atoms. The van der Waals surface area contributed by atoms with Crippen LogP contribution in [0.4, 0.5) is 13.2 Å². The van der Waals surface area contributed by atoms with E-state index in [1.165, 1.54) is 24.3 Å². The first kappa shape index (κ1) is 12.1. The lowest BCUT2D eigenvalue weighted by Gasteiger charge is -2.09. The maximum atomic E-state index is 11.9. The molecule has 1 aromatic heterocycles. The Kier molecular flexibility index (Phi) is 3.04.